The van der Waals surface area contributed by atoms with Crippen LogP contribution in [0.1, 0.15) is 16.1 Å². The van der Waals surface area contributed by atoms with E-state index in [9.17, 15) is 4.79 Å². The minimum atomic E-state index is -1.13. The lowest BCUT2D eigenvalue weighted by Gasteiger charge is -2.05. The molecule has 2 aromatic rings. The third kappa shape index (κ3) is 2.75. The Kier molecular flexibility index (Phi) is 3.43. The van der Waals surface area contributed by atoms with Crippen molar-refractivity contribution in [3.8, 4) is 11.6 Å². The van der Waals surface area contributed by atoms with Gasteiger partial charge in [0.2, 0.25) is 5.88 Å². The number of ether oxygens (including phenoxy) is 1. The molecule has 5 nitrogen and oxygen atoms in total. The standard InChI is InChI=1S/C12H9ClN2O3/c1-7-6-8(2-3-9(7)13)18-11-5-4-10(12(16)17)14-15-11/h2-6H,1H3,(H,16,17). The Bertz CT molecular complexity index is 584. The van der Waals surface area contributed by atoms with Crippen molar-refractivity contribution in [1.82, 2.24) is 10.2 Å². The predicted molar refractivity (Wildman–Crippen MR) is 65.3 cm³/mol. The van der Waals surface area contributed by atoms with Crippen molar-refractivity contribution in [2.24, 2.45) is 0 Å². The maximum Gasteiger partial charge on any atom is 0.356 e. The van der Waals surface area contributed by atoms with Crippen molar-refractivity contribution in [3.63, 3.8) is 0 Å². The molecular formula is C12H9ClN2O3. The summed E-state index contributed by atoms with van der Waals surface area (Å²) in [7, 11) is 0. The van der Waals surface area contributed by atoms with Crippen molar-refractivity contribution < 1.29 is 14.6 Å². The number of rotatable bonds is 3. The summed E-state index contributed by atoms with van der Waals surface area (Å²) in [4.78, 5) is 10.6. The van der Waals surface area contributed by atoms with Gasteiger partial charge in [0.15, 0.2) is 5.69 Å². The summed E-state index contributed by atoms with van der Waals surface area (Å²) in [5.74, 6) is -0.340. The molecule has 0 radical (unpaired) electrons. The second-order valence-corrected chi connectivity index (χ2v) is 3.98. The first-order chi connectivity index (χ1) is 8.56. The van der Waals surface area contributed by atoms with Gasteiger partial charge in [0.1, 0.15) is 5.75 Å². The van der Waals surface area contributed by atoms with Crippen LogP contribution in [-0.4, -0.2) is 21.3 Å². The lowest BCUT2D eigenvalue weighted by Crippen LogP contribution is -2.02. The summed E-state index contributed by atoms with van der Waals surface area (Å²) in [6.45, 7) is 1.86. The summed E-state index contributed by atoms with van der Waals surface area (Å²) < 4.78 is 5.42. The van der Waals surface area contributed by atoms with E-state index in [0.29, 0.717) is 10.8 Å². The van der Waals surface area contributed by atoms with Gasteiger partial charge < -0.3 is 9.84 Å². The summed E-state index contributed by atoms with van der Waals surface area (Å²) in [5.41, 5.74) is 0.749. The fourth-order valence-electron chi connectivity index (χ4n) is 1.29. The van der Waals surface area contributed by atoms with Gasteiger partial charge in [-0.15, -0.1) is 10.2 Å². The zero-order chi connectivity index (χ0) is 13.1. The van der Waals surface area contributed by atoms with E-state index in [-0.39, 0.29) is 11.6 Å². The van der Waals surface area contributed by atoms with Crippen LogP contribution in [0.2, 0.25) is 5.02 Å². The van der Waals surface area contributed by atoms with Gasteiger partial charge in [-0.1, -0.05) is 11.6 Å². The van der Waals surface area contributed by atoms with Crippen LogP contribution in [-0.2, 0) is 0 Å². The van der Waals surface area contributed by atoms with Crippen LogP contribution in [0.4, 0.5) is 0 Å². The van der Waals surface area contributed by atoms with E-state index in [1.165, 1.54) is 12.1 Å². The highest BCUT2D eigenvalue weighted by molar-refractivity contribution is 6.31. The van der Waals surface area contributed by atoms with Gasteiger partial charge in [0.05, 0.1) is 0 Å². The summed E-state index contributed by atoms with van der Waals surface area (Å²) in [6.07, 6.45) is 0. The van der Waals surface area contributed by atoms with Gasteiger partial charge in [-0.3, -0.25) is 0 Å². The van der Waals surface area contributed by atoms with Gasteiger partial charge >= 0.3 is 5.97 Å². The molecule has 0 spiro atoms. The second-order valence-electron chi connectivity index (χ2n) is 3.58. The van der Waals surface area contributed by atoms with Gasteiger partial charge in [-0.2, -0.15) is 0 Å². The number of carboxylic acid groups (broad SMARTS) is 1. The maximum atomic E-state index is 10.6. The van der Waals surface area contributed by atoms with Crippen molar-refractivity contribution in [3.05, 3.63) is 46.6 Å². The number of halogens is 1. The number of hydrogen-bond acceptors (Lipinski definition) is 4. The third-order valence-electron chi connectivity index (χ3n) is 2.21. The monoisotopic (exact) mass is 264 g/mol. The fraction of sp³-hybridized carbons (Fsp3) is 0.0833. The molecule has 1 aromatic heterocycles. The largest absolute Gasteiger partial charge is 0.476 e. The number of benzene rings is 1. The number of nitrogens with zero attached hydrogens (tertiary/aromatic N) is 2. The molecule has 0 bridgehead atoms. The predicted octanol–water partition coefficient (Wildman–Crippen LogP) is 2.93. The van der Waals surface area contributed by atoms with Crippen LogP contribution in [0.5, 0.6) is 11.6 Å². The first kappa shape index (κ1) is 12.3. The number of aromatic nitrogens is 2. The number of aryl methyl sites for hydroxylation is 1. The Morgan fingerprint density at radius 1 is 1.28 bits per heavy atom. The Labute approximate surface area is 108 Å². The molecule has 0 saturated heterocycles. The van der Waals surface area contributed by atoms with E-state index in [0.717, 1.165) is 5.56 Å². The zero-order valence-corrected chi connectivity index (χ0v) is 10.2. The molecule has 0 fully saturated rings. The van der Waals surface area contributed by atoms with E-state index in [1.807, 2.05) is 6.92 Å². The molecule has 6 heteroatoms. The summed E-state index contributed by atoms with van der Waals surface area (Å²) in [5, 5.41) is 16.5. The van der Waals surface area contributed by atoms with E-state index in [1.54, 1.807) is 18.2 Å². The number of carboxylic acids is 1. The minimum Gasteiger partial charge on any atom is -0.476 e. The Morgan fingerprint density at radius 3 is 2.61 bits per heavy atom. The highest BCUT2D eigenvalue weighted by Gasteiger charge is 2.06. The van der Waals surface area contributed by atoms with E-state index >= 15 is 0 Å². The van der Waals surface area contributed by atoms with Crippen LogP contribution in [0.25, 0.3) is 0 Å². The smallest absolute Gasteiger partial charge is 0.356 e. The molecule has 0 amide bonds. The van der Waals surface area contributed by atoms with E-state index in [2.05, 4.69) is 10.2 Å². The molecule has 1 heterocycles. The molecule has 1 aromatic carbocycles. The van der Waals surface area contributed by atoms with Crippen molar-refractivity contribution >= 4 is 17.6 Å². The maximum absolute atomic E-state index is 10.6. The topological polar surface area (TPSA) is 72.3 Å². The number of carbonyl (C=O) groups is 1. The van der Waals surface area contributed by atoms with Crippen LogP contribution < -0.4 is 4.74 Å². The van der Waals surface area contributed by atoms with Crippen LogP contribution in [0.3, 0.4) is 0 Å². The Balaban J connectivity index is 2.18. The molecule has 0 atom stereocenters. The second kappa shape index (κ2) is 5.01. The third-order valence-corrected chi connectivity index (χ3v) is 2.64. The van der Waals surface area contributed by atoms with Crippen LogP contribution in [0, 0.1) is 6.92 Å². The SMILES string of the molecule is Cc1cc(Oc2ccc(C(=O)O)nn2)ccc1Cl. The Hall–Kier alpha value is -2.14. The average molecular weight is 265 g/mol. The molecule has 0 aliphatic heterocycles. The fourth-order valence-corrected chi connectivity index (χ4v) is 1.41. The Morgan fingerprint density at radius 2 is 2.06 bits per heavy atom. The van der Waals surface area contributed by atoms with Gasteiger partial charge in [-0.05, 0) is 36.8 Å². The molecule has 0 saturated carbocycles. The average Bonchev–Trinajstić information content (AvgIpc) is 2.34. The lowest BCUT2D eigenvalue weighted by atomic mass is 10.2. The van der Waals surface area contributed by atoms with Gasteiger partial charge in [-0.25, -0.2) is 4.79 Å². The molecule has 18 heavy (non-hydrogen) atoms. The zero-order valence-electron chi connectivity index (χ0n) is 9.42. The van der Waals surface area contributed by atoms with Crippen molar-refractivity contribution in [1.29, 1.82) is 0 Å². The highest BCUT2D eigenvalue weighted by atomic mass is 35.5. The molecule has 92 valence electrons. The van der Waals surface area contributed by atoms with Crippen molar-refractivity contribution in [2.75, 3.05) is 0 Å². The molecule has 0 aliphatic carbocycles. The van der Waals surface area contributed by atoms with E-state index < -0.39 is 5.97 Å². The minimum absolute atomic E-state index is 0.130. The van der Waals surface area contributed by atoms with Gasteiger partial charge in [0, 0.05) is 11.1 Å². The molecule has 1 N–H and O–H groups in total. The molecular weight excluding hydrogens is 256 g/mol. The van der Waals surface area contributed by atoms with Crippen LogP contribution >= 0.6 is 11.6 Å². The van der Waals surface area contributed by atoms with Gasteiger partial charge in [0.25, 0.3) is 0 Å². The number of aromatic carboxylic acids is 1. The van der Waals surface area contributed by atoms with Crippen LogP contribution in [0.15, 0.2) is 30.3 Å². The first-order valence-electron chi connectivity index (χ1n) is 5.07. The quantitative estimate of drug-likeness (QED) is 0.923. The summed E-state index contributed by atoms with van der Waals surface area (Å²) >= 11 is 5.89. The normalized spacial score (nSPS) is 10.1. The molecule has 0 unspecified atom stereocenters. The number of hydrogen-bond donors (Lipinski definition) is 1. The highest BCUT2D eigenvalue weighted by Crippen LogP contribution is 2.24. The summed E-state index contributed by atoms with van der Waals surface area (Å²) in [6, 6.07) is 7.94. The van der Waals surface area contributed by atoms with Crippen molar-refractivity contribution in [2.45, 2.75) is 6.92 Å². The molecule has 0 aliphatic rings. The van der Waals surface area contributed by atoms with E-state index in [4.69, 9.17) is 21.4 Å². The lowest BCUT2D eigenvalue weighted by molar-refractivity contribution is 0.0689. The first-order valence-corrected chi connectivity index (χ1v) is 5.45. The molecule has 2 rings (SSSR count).